The van der Waals surface area contributed by atoms with Gasteiger partial charge in [-0.05, 0) is 54.6 Å². The van der Waals surface area contributed by atoms with Crippen molar-refractivity contribution in [2.24, 2.45) is 0 Å². The van der Waals surface area contributed by atoms with Crippen molar-refractivity contribution >= 4 is 40.6 Å². The summed E-state index contributed by atoms with van der Waals surface area (Å²) in [7, 11) is 1.50. The molecule has 0 radical (unpaired) electrons. The zero-order valence-corrected chi connectivity index (χ0v) is 15.9. The molecular formula is C20H13Cl3O3. The number of rotatable bonds is 5. The largest absolute Gasteiger partial charge is 0.496 e. The molecular weight excluding hydrogens is 395 g/mol. The van der Waals surface area contributed by atoms with Crippen molar-refractivity contribution in [3.05, 3.63) is 86.9 Å². The minimum atomic E-state index is -0.214. The number of methoxy groups -OCH3 is 1. The fraction of sp³-hybridized carbons (Fsp3) is 0.0500. The van der Waals surface area contributed by atoms with Crippen molar-refractivity contribution in [2.45, 2.75) is 0 Å². The van der Waals surface area contributed by atoms with Gasteiger partial charge in [0.25, 0.3) is 0 Å². The highest BCUT2D eigenvalue weighted by Gasteiger charge is 2.17. The average Bonchev–Trinajstić information content (AvgIpc) is 2.65. The first-order valence-electron chi connectivity index (χ1n) is 7.60. The zero-order chi connectivity index (χ0) is 18.7. The topological polar surface area (TPSA) is 35.5 Å². The van der Waals surface area contributed by atoms with Crippen LogP contribution in [0.15, 0.2) is 60.7 Å². The van der Waals surface area contributed by atoms with Gasteiger partial charge in [0.15, 0.2) is 11.5 Å². The van der Waals surface area contributed by atoms with Crippen LogP contribution < -0.4 is 9.47 Å². The third-order valence-corrected chi connectivity index (χ3v) is 4.51. The summed E-state index contributed by atoms with van der Waals surface area (Å²) in [5.41, 5.74) is 0.844. The molecule has 0 unspecified atom stereocenters. The van der Waals surface area contributed by atoms with E-state index in [-0.39, 0.29) is 5.78 Å². The minimum absolute atomic E-state index is 0.214. The van der Waals surface area contributed by atoms with Crippen molar-refractivity contribution < 1.29 is 14.3 Å². The van der Waals surface area contributed by atoms with E-state index in [0.29, 0.717) is 43.4 Å². The Kier molecular flexibility index (Phi) is 5.72. The molecule has 3 rings (SSSR count). The predicted molar refractivity (Wildman–Crippen MR) is 104 cm³/mol. The molecule has 0 saturated carbocycles. The van der Waals surface area contributed by atoms with Crippen LogP contribution >= 0.6 is 34.8 Å². The Labute approximate surface area is 166 Å². The summed E-state index contributed by atoms with van der Waals surface area (Å²) in [6.07, 6.45) is 0. The second kappa shape index (κ2) is 8.00. The maximum Gasteiger partial charge on any atom is 0.196 e. The number of para-hydroxylation sites is 1. The van der Waals surface area contributed by atoms with Crippen molar-refractivity contribution in [1.29, 1.82) is 0 Å². The molecule has 0 bridgehead atoms. The number of carbonyl (C=O) groups is 1. The van der Waals surface area contributed by atoms with Crippen molar-refractivity contribution in [3.8, 4) is 17.2 Å². The van der Waals surface area contributed by atoms with Crippen LogP contribution in [0.25, 0.3) is 0 Å². The Bertz CT molecular complexity index is 933. The normalized spacial score (nSPS) is 10.5. The molecule has 3 aromatic rings. The molecule has 0 amide bonds. The van der Waals surface area contributed by atoms with Gasteiger partial charge in [-0.25, -0.2) is 0 Å². The molecule has 26 heavy (non-hydrogen) atoms. The first kappa shape index (κ1) is 18.6. The fourth-order valence-corrected chi connectivity index (χ4v) is 2.98. The van der Waals surface area contributed by atoms with Crippen LogP contribution in [0.5, 0.6) is 17.2 Å². The van der Waals surface area contributed by atoms with Gasteiger partial charge >= 0.3 is 0 Å². The number of carbonyl (C=O) groups excluding carboxylic acids is 1. The molecule has 0 aromatic heterocycles. The zero-order valence-electron chi connectivity index (χ0n) is 13.6. The number of halogens is 3. The van der Waals surface area contributed by atoms with Gasteiger partial charge < -0.3 is 9.47 Å². The van der Waals surface area contributed by atoms with Gasteiger partial charge in [-0.3, -0.25) is 4.79 Å². The van der Waals surface area contributed by atoms with Gasteiger partial charge in [-0.15, -0.1) is 0 Å². The second-order valence-corrected chi connectivity index (χ2v) is 6.60. The summed E-state index contributed by atoms with van der Waals surface area (Å²) in [5.74, 6) is 0.959. The Morgan fingerprint density at radius 3 is 2.15 bits per heavy atom. The smallest absolute Gasteiger partial charge is 0.196 e. The Hall–Kier alpha value is -2.20. The summed E-state index contributed by atoms with van der Waals surface area (Å²) in [5, 5.41) is 1.30. The number of hydrogen-bond acceptors (Lipinski definition) is 3. The highest BCUT2D eigenvalue weighted by molar-refractivity contribution is 6.37. The molecule has 0 atom stereocenters. The van der Waals surface area contributed by atoms with E-state index in [4.69, 9.17) is 44.3 Å². The van der Waals surface area contributed by atoms with Crippen molar-refractivity contribution in [1.82, 2.24) is 0 Å². The van der Waals surface area contributed by atoms with Gasteiger partial charge in [0.05, 0.1) is 22.7 Å². The van der Waals surface area contributed by atoms with Crippen LogP contribution in [0.1, 0.15) is 15.9 Å². The monoisotopic (exact) mass is 406 g/mol. The van der Waals surface area contributed by atoms with Crippen LogP contribution in [0.2, 0.25) is 15.1 Å². The Morgan fingerprint density at radius 2 is 1.54 bits per heavy atom. The summed E-state index contributed by atoms with van der Waals surface area (Å²) in [4.78, 5) is 12.8. The summed E-state index contributed by atoms with van der Waals surface area (Å²) in [6.45, 7) is 0. The lowest BCUT2D eigenvalue weighted by atomic mass is 10.0. The molecule has 3 aromatic carbocycles. The number of benzene rings is 3. The van der Waals surface area contributed by atoms with Crippen LogP contribution in [0.3, 0.4) is 0 Å². The first-order chi connectivity index (χ1) is 12.5. The van der Waals surface area contributed by atoms with Gasteiger partial charge in [0.1, 0.15) is 11.5 Å². The first-order valence-corrected chi connectivity index (χ1v) is 8.73. The van der Waals surface area contributed by atoms with Crippen LogP contribution in [0, 0.1) is 0 Å². The minimum Gasteiger partial charge on any atom is -0.496 e. The molecule has 0 heterocycles. The number of hydrogen-bond donors (Lipinski definition) is 0. The van der Waals surface area contributed by atoms with Crippen molar-refractivity contribution in [3.63, 3.8) is 0 Å². The van der Waals surface area contributed by atoms with E-state index in [9.17, 15) is 4.79 Å². The van der Waals surface area contributed by atoms with Crippen LogP contribution in [-0.4, -0.2) is 12.9 Å². The van der Waals surface area contributed by atoms with E-state index in [1.54, 1.807) is 60.7 Å². The lowest BCUT2D eigenvalue weighted by molar-refractivity contribution is 0.103. The van der Waals surface area contributed by atoms with Gasteiger partial charge in [-0.2, -0.15) is 0 Å². The Morgan fingerprint density at radius 1 is 0.885 bits per heavy atom. The molecule has 0 aliphatic heterocycles. The lowest BCUT2D eigenvalue weighted by Crippen LogP contribution is -2.04. The van der Waals surface area contributed by atoms with E-state index < -0.39 is 0 Å². The average molecular weight is 408 g/mol. The second-order valence-electron chi connectivity index (χ2n) is 5.35. The SMILES string of the molecule is COc1ccc(Oc2c(Cl)cccc2Cl)cc1C(=O)c1ccc(Cl)cc1. The summed E-state index contributed by atoms with van der Waals surface area (Å²) < 4.78 is 11.1. The van der Waals surface area contributed by atoms with E-state index >= 15 is 0 Å². The number of ketones is 1. The maximum absolute atomic E-state index is 12.8. The maximum atomic E-state index is 12.8. The molecule has 0 spiro atoms. The molecule has 3 nitrogen and oxygen atoms in total. The lowest BCUT2D eigenvalue weighted by Gasteiger charge is -2.13. The van der Waals surface area contributed by atoms with Crippen molar-refractivity contribution in [2.75, 3.05) is 7.11 Å². The van der Waals surface area contributed by atoms with E-state index in [1.807, 2.05) is 0 Å². The molecule has 0 saturated heterocycles. The third kappa shape index (κ3) is 3.96. The third-order valence-electron chi connectivity index (χ3n) is 3.66. The molecule has 0 N–H and O–H groups in total. The molecule has 0 fully saturated rings. The highest BCUT2D eigenvalue weighted by atomic mass is 35.5. The predicted octanol–water partition coefficient (Wildman–Crippen LogP) is 6.68. The van der Waals surface area contributed by atoms with Gasteiger partial charge in [0, 0.05) is 10.6 Å². The highest BCUT2D eigenvalue weighted by Crippen LogP contribution is 2.37. The fourth-order valence-electron chi connectivity index (χ4n) is 2.38. The van der Waals surface area contributed by atoms with E-state index in [1.165, 1.54) is 7.11 Å². The Balaban J connectivity index is 1.99. The summed E-state index contributed by atoms with van der Waals surface area (Å²) in [6, 6.07) is 16.6. The quantitative estimate of drug-likeness (QED) is 0.443. The van der Waals surface area contributed by atoms with E-state index in [2.05, 4.69) is 0 Å². The molecule has 0 aliphatic carbocycles. The molecule has 6 heteroatoms. The van der Waals surface area contributed by atoms with Crippen LogP contribution in [0.4, 0.5) is 0 Å². The van der Waals surface area contributed by atoms with E-state index in [0.717, 1.165) is 0 Å². The standard InChI is InChI=1S/C20H13Cl3O3/c1-25-18-10-9-14(26-20-16(22)3-2-4-17(20)23)11-15(18)19(24)12-5-7-13(21)8-6-12/h2-11H,1H3. The number of ether oxygens (including phenoxy) is 2. The van der Waals surface area contributed by atoms with Gasteiger partial charge in [0.2, 0.25) is 0 Å². The molecule has 132 valence electrons. The van der Waals surface area contributed by atoms with Crippen LogP contribution in [-0.2, 0) is 0 Å². The van der Waals surface area contributed by atoms with Gasteiger partial charge in [-0.1, -0.05) is 40.9 Å². The summed E-state index contributed by atoms with van der Waals surface area (Å²) >= 11 is 18.2. The molecule has 0 aliphatic rings.